The maximum Gasteiger partial charge on any atom is 0.308 e. The number of aromatic nitrogens is 3. The van der Waals surface area contributed by atoms with Gasteiger partial charge in [-0.2, -0.15) is 4.68 Å². The van der Waals surface area contributed by atoms with Crippen molar-refractivity contribution in [1.29, 1.82) is 0 Å². The fourth-order valence-electron chi connectivity index (χ4n) is 2.61. The first-order valence-electron chi connectivity index (χ1n) is 7.32. The average molecular weight is 420 g/mol. The van der Waals surface area contributed by atoms with Crippen LogP contribution in [-0.4, -0.2) is 39.6 Å². The van der Waals surface area contributed by atoms with Gasteiger partial charge < -0.3 is 0 Å². The zero-order chi connectivity index (χ0) is 22.3. The van der Waals surface area contributed by atoms with Gasteiger partial charge in [0.25, 0.3) is 11.4 Å². The van der Waals surface area contributed by atoms with Gasteiger partial charge >= 0.3 is 17.1 Å². The Morgan fingerprint density at radius 3 is 1.50 bits per heavy atom. The number of fused-ring (bicyclic) bond motifs is 1. The van der Waals surface area contributed by atoms with E-state index in [1.54, 1.807) is 0 Å². The van der Waals surface area contributed by atoms with Gasteiger partial charge in [-0.25, -0.2) is 0 Å². The Morgan fingerprint density at radius 1 is 0.633 bits per heavy atom. The zero-order valence-corrected chi connectivity index (χ0v) is 14.0. The summed E-state index contributed by atoms with van der Waals surface area (Å²) in [6.45, 7) is 0. The summed E-state index contributed by atoms with van der Waals surface area (Å²) in [6, 6.07) is 2.11. The Morgan fingerprint density at radius 2 is 1.07 bits per heavy atom. The van der Waals surface area contributed by atoms with Gasteiger partial charge in [0.1, 0.15) is 5.52 Å². The Balaban J connectivity index is 2.51. The highest BCUT2D eigenvalue weighted by molar-refractivity contribution is 5.89. The molecule has 0 amide bonds. The minimum absolute atomic E-state index is 0.372. The van der Waals surface area contributed by atoms with Crippen molar-refractivity contribution in [2.75, 3.05) is 0 Å². The van der Waals surface area contributed by atoms with Crippen LogP contribution in [0.3, 0.4) is 0 Å². The molecule has 0 fully saturated rings. The third-order valence-corrected chi connectivity index (χ3v) is 3.79. The Hall–Kier alpha value is -5.16. The maximum absolute atomic E-state index is 11.4. The second-order valence-electron chi connectivity index (χ2n) is 5.45. The van der Waals surface area contributed by atoms with Crippen molar-refractivity contribution >= 4 is 39.5 Å². The fraction of sp³-hybridized carbons (Fsp3) is 0. The number of hydrogen-bond donors (Lipinski definition) is 0. The van der Waals surface area contributed by atoms with Crippen LogP contribution in [0.2, 0.25) is 0 Å². The Kier molecular flexibility index (Phi) is 4.43. The third-order valence-electron chi connectivity index (χ3n) is 3.79. The molecule has 0 N–H and O–H groups in total. The van der Waals surface area contributed by atoms with E-state index in [0.29, 0.717) is 22.9 Å². The van der Waals surface area contributed by atoms with E-state index in [0.717, 1.165) is 6.07 Å². The number of nitro groups is 5. The highest BCUT2D eigenvalue weighted by Crippen LogP contribution is 2.39. The molecule has 18 heteroatoms. The van der Waals surface area contributed by atoms with Gasteiger partial charge in [0, 0.05) is 6.07 Å². The average Bonchev–Trinajstić information content (AvgIpc) is 3.09. The van der Waals surface area contributed by atoms with Gasteiger partial charge in [-0.3, -0.25) is 50.6 Å². The van der Waals surface area contributed by atoms with Gasteiger partial charge in [-0.15, -0.1) is 5.10 Å². The van der Waals surface area contributed by atoms with Crippen LogP contribution < -0.4 is 0 Å². The first-order valence-corrected chi connectivity index (χ1v) is 7.32. The van der Waals surface area contributed by atoms with Crippen molar-refractivity contribution in [3.8, 4) is 5.69 Å². The van der Waals surface area contributed by atoms with E-state index in [-0.39, 0.29) is 0 Å². The van der Waals surface area contributed by atoms with Crippen LogP contribution in [-0.2, 0) is 0 Å². The number of rotatable bonds is 6. The molecule has 0 radical (unpaired) electrons. The van der Waals surface area contributed by atoms with Crippen molar-refractivity contribution < 1.29 is 24.6 Å². The first-order chi connectivity index (χ1) is 14.0. The number of nitro benzene ring substituents is 5. The van der Waals surface area contributed by atoms with Crippen LogP contribution in [0, 0.1) is 50.6 Å². The monoisotopic (exact) mass is 420 g/mol. The molecule has 0 bridgehead atoms. The van der Waals surface area contributed by atoms with E-state index in [9.17, 15) is 50.6 Å². The lowest BCUT2D eigenvalue weighted by atomic mass is 10.2. The molecule has 0 aliphatic heterocycles. The van der Waals surface area contributed by atoms with Crippen LogP contribution in [0.25, 0.3) is 16.7 Å². The minimum Gasteiger partial charge on any atom is -0.258 e. The summed E-state index contributed by atoms with van der Waals surface area (Å²) in [5, 5.41) is 63.1. The summed E-state index contributed by atoms with van der Waals surface area (Å²) in [5.74, 6) is 0. The van der Waals surface area contributed by atoms with E-state index in [4.69, 9.17) is 0 Å². The number of hydrogen-bond acceptors (Lipinski definition) is 12. The lowest BCUT2D eigenvalue weighted by Crippen LogP contribution is -2.08. The predicted octanol–water partition coefficient (Wildman–Crippen LogP) is 1.96. The summed E-state index contributed by atoms with van der Waals surface area (Å²) < 4.78 is 0.372. The highest BCUT2D eigenvalue weighted by Gasteiger charge is 2.36. The van der Waals surface area contributed by atoms with Crippen LogP contribution in [0.1, 0.15) is 0 Å². The number of non-ortho nitro benzene ring substituents is 3. The largest absolute Gasteiger partial charge is 0.308 e. The Bertz CT molecular complexity index is 1260. The summed E-state index contributed by atoms with van der Waals surface area (Å²) in [7, 11) is 0. The van der Waals surface area contributed by atoms with E-state index in [1.807, 2.05) is 0 Å². The zero-order valence-electron chi connectivity index (χ0n) is 14.0. The third kappa shape index (κ3) is 3.04. The standard InChI is InChI=1S/C12H4N8O10/c21-16(22)5-1-7-11(8(2-5)18(25)26)15(14-13-7)12-9(19(27)28)3-6(17(23)24)4-10(12)20(29)30/h1-4H. The Labute approximate surface area is 160 Å². The molecule has 3 rings (SSSR count). The molecule has 152 valence electrons. The van der Waals surface area contributed by atoms with Gasteiger partial charge in [0.05, 0.1) is 42.8 Å². The molecule has 2 aromatic carbocycles. The summed E-state index contributed by atoms with van der Waals surface area (Å²) in [5.41, 5.74) is -7.03. The predicted molar refractivity (Wildman–Crippen MR) is 92.1 cm³/mol. The van der Waals surface area contributed by atoms with Crippen molar-refractivity contribution in [2.24, 2.45) is 0 Å². The van der Waals surface area contributed by atoms with Gasteiger partial charge in [-0.1, -0.05) is 5.21 Å². The maximum atomic E-state index is 11.4. The van der Waals surface area contributed by atoms with E-state index < -0.39 is 69.8 Å². The molecule has 3 aromatic rings. The molecule has 0 aliphatic carbocycles. The topological polar surface area (TPSA) is 246 Å². The smallest absolute Gasteiger partial charge is 0.258 e. The quantitative estimate of drug-likeness (QED) is 0.410. The van der Waals surface area contributed by atoms with Crippen LogP contribution in [0.4, 0.5) is 28.4 Å². The van der Waals surface area contributed by atoms with E-state index >= 15 is 0 Å². The number of benzene rings is 2. The summed E-state index contributed by atoms with van der Waals surface area (Å²) in [6.07, 6.45) is 0. The number of nitrogens with zero attached hydrogens (tertiary/aromatic N) is 8. The molecule has 0 spiro atoms. The van der Waals surface area contributed by atoms with Gasteiger partial charge in [0.2, 0.25) is 5.69 Å². The van der Waals surface area contributed by atoms with Crippen molar-refractivity contribution in [3.05, 3.63) is 74.8 Å². The van der Waals surface area contributed by atoms with Crippen LogP contribution in [0.5, 0.6) is 0 Å². The lowest BCUT2D eigenvalue weighted by molar-refractivity contribution is -0.402. The molecule has 0 saturated carbocycles. The lowest BCUT2D eigenvalue weighted by Gasteiger charge is -2.05. The summed E-state index contributed by atoms with van der Waals surface area (Å²) in [4.78, 5) is 50.7. The van der Waals surface area contributed by atoms with Gasteiger partial charge in [0.15, 0.2) is 5.52 Å². The SMILES string of the molecule is O=[N+]([O-])c1cc([N+](=O)[O-])c(-n2nnc3cc([N+](=O)[O-])cc([N+](=O)[O-])c32)c([N+](=O)[O-])c1. The molecule has 0 atom stereocenters. The molecule has 30 heavy (non-hydrogen) atoms. The second kappa shape index (κ2) is 6.78. The van der Waals surface area contributed by atoms with Crippen LogP contribution >= 0.6 is 0 Å². The van der Waals surface area contributed by atoms with Crippen molar-refractivity contribution in [1.82, 2.24) is 15.0 Å². The first kappa shape index (κ1) is 19.6. The normalized spacial score (nSPS) is 10.7. The molecular weight excluding hydrogens is 416 g/mol. The molecular formula is C12H4N8O10. The van der Waals surface area contributed by atoms with Crippen molar-refractivity contribution in [2.45, 2.75) is 0 Å². The summed E-state index contributed by atoms with van der Waals surface area (Å²) >= 11 is 0. The fourth-order valence-corrected chi connectivity index (χ4v) is 2.61. The molecule has 0 unspecified atom stereocenters. The molecule has 0 aliphatic rings. The molecule has 1 aromatic heterocycles. The van der Waals surface area contributed by atoms with Crippen molar-refractivity contribution in [3.63, 3.8) is 0 Å². The van der Waals surface area contributed by atoms with E-state index in [2.05, 4.69) is 10.3 Å². The molecule has 18 nitrogen and oxygen atoms in total. The van der Waals surface area contributed by atoms with Gasteiger partial charge in [-0.05, 0) is 0 Å². The second-order valence-corrected chi connectivity index (χ2v) is 5.45. The highest BCUT2D eigenvalue weighted by atomic mass is 16.6. The minimum atomic E-state index is -1.18. The molecule has 0 saturated heterocycles. The van der Waals surface area contributed by atoms with Crippen LogP contribution in [0.15, 0.2) is 24.3 Å². The van der Waals surface area contributed by atoms with E-state index in [1.165, 1.54) is 0 Å². The molecule has 1 heterocycles.